The molecule has 2 aliphatic rings. The van der Waals surface area contributed by atoms with E-state index in [0.29, 0.717) is 18.0 Å². The molecule has 2 aromatic rings. The van der Waals surface area contributed by atoms with Crippen LogP contribution in [0.1, 0.15) is 51.0 Å². The van der Waals surface area contributed by atoms with E-state index in [0.717, 1.165) is 35.4 Å². The maximum absolute atomic E-state index is 12.7. The standard InChI is InChI=1S/C22H26N4O3S/c1-2-3-6-15-7-9-16(10-8-15)17-14-30-20(23-17)24-18(27)13-26-19(28)22(25-21(26)29)11-4-5-12-22/h7-10,14H,2-6,11-13H2,1H3,(H,25,29)(H,23,24,27). The molecule has 2 N–H and O–H groups in total. The Kier molecular flexibility index (Phi) is 5.85. The minimum Gasteiger partial charge on any atom is -0.323 e. The van der Waals surface area contributed by atoms with E-state index >= 15 is 0 Å². The van der Waals surface area contributed by atoms with Crippen LogP contribution in [0.5, 0.6) is 0 Å². The zero-order valence-corrected chi connectivity index (χ0v) is 17.9. The molecule has 0 unspecified atom stereocenters. The van der Waals surface area contributed by atoms with E-state index in [4.69, 9.17) is 0 Å². The van der Waals surface area contributed by atoms with Gasteiger partial charge in [0.25, 0.3) is 5.91 Å². The van der Waals surface area contributed by atoms with Gasteiger partial charge in [0.15, 0.2) is 5.13 Å². The Morgan fingerprint density at radius 1 is 1.23 bits per heavy atom. The van der Waals surface area contributed by atoms with Crippen molar-refractivity contribution in [2.45, 2.75) is 57.4 Å². The molecule has 0 atom stereocenters. The molecule has 1 aromatic heterocycles. The number of thiazole rings is 1. The van der Waals surface area contributed by atoms with Crippen LogP contribution in [0.2, 0.25) is 0 Å². The predicted molar refractivity (Wildman–Crippen MR) is 116 cm³/mol. The van der Waals surface area contributed by atoms with Gasteiger partial charge in [-0.1, -0.05) is 50.5 Å². The van der Waals surface area contributed by atoms with E-state index in [1.807, 2.05) is 17.5 Å². The summed E-state index contributed by atoms with van der Waals surface area (Å²) in [6.07, 6.45) is 6.51. The number of imide groups is 1. The van der Waals surface area contributed by atoms with Gasteiger partial charge in [-0.3, -0.25) is 14.5 Å². The van der Waals surface area contributed by atoms with Crippen molar-refractivity contribution in [1.82, 2.24) is 15.2 Å². The van der Waals surface area contributed by atoms with Crippen molar-refractivity contribution in [2.24, 2.45) is 0 Å². The van der Waals surface area contributed by atoms with Crippen molar-refractivity contribution in [3.63, 3.8) is 0 Å². The van der Waals surface area contributed by atoms with Gasteiger partial charge >= 0.3 is 6.03 Å². The summed E-state index contributed by atoms with van der Waals surface area (Å²) in [6, 6.07) is 7.82. The van der Waals surface area contributed by atoms with Gasteiger partial charge in [0.2, 0.25) is 5.91 Å². The Balaban J connectivity index is 1.36. The molecule has 1 saturated carbocycles. The molecule has 0 radical (unpaired) electrons. The Hall–Kier alpha value is -2.74. The van der Waals surface area contributed by atoms with Gasteiger partial charge in [-0.15, -0.1) is 11.3 Å². The third-order valence-electron chi connectivity index (χ3n) is 5.82. The number of hydrogen-bond acceptors (Lipinski definition) is 5. The Bertz CT molecular complexity index is 948. The van der Waals surface area contributed by atoms with Crippen molar-refractivity contribution in [3.05, 3.63) is 35.2 Å². The molecule has 8 heteroatoms. The summed E-state index contributed by atoms with van der Waals surface area (Å²) in [7, 11) is 0. The van der Waals surface area contributed by atoms with E-state index < -0.39 is 17.5 Å². The van der Waals surface area contributed by atoms with Gasteiger partial charge in [0, 0.05) is 10.9 Å². The van der Waals surface area contributed by atoms with Crippen molar-refractivity contribution >= 4 is 34.3 Å². The Labute approximate surface area is 179 Å². The Morgan fingerprint density at radius 2 is 1.97 bits per heavy atom. The lowest BCUT2D eigenvalue weighted by molar-refractivity contribution is -0.133. The van der Waals surface area contributed by atoms with E-state index in [9.17, 15) is 14.4 Å². The number of benzene rings is 1. The number of carbonyl (C=O) groups is 3. The molecule has 1 aromatic carbocycles. The van der Waals surface area contributed by atoms with Gasteiger partial charge in [-0.25, -0.2) is 9.78 Å². The second-order valence-corrected chi connectivity index (χ2v) is 8.86. The van der Waals surface area contributed by atoms with E-state index in [1.165, 1.54) is 29.7 Å². The van der Waals surface area contributed by atoms with Crippen molar-refractivity contribution in [2.75, 3.05) is 11.9 Å². The van der Waals surface area contributed by atoms with Crippen LogP contribution < -0.4 is 10.6 Å². The SMILES string of the molecule is CCCCc1ccc(-c2csc(NC(=O)CN3C(=O)NC4(CCCC4)C3=O)n2)cc1. The monoisotopic (exact) mass is 426 g/mol. The van der Waals surface area contributed by atoms with Gasteiger partial charge in [-0.2, -0.15) is 0 Å². The molecular weight excluding hydrogens is 400 g/mol. The number of rotatable bonds is 7. The van der Waals surface area contributed by atoms with Gasteiger partial charge < -0.3 is 10.6 Å². The number of hydrogen-bond donors (Lipinski definition) is 2. The molecule has 2 fully saturated rings. The van der Waals surface area contributed by atoms with Crippen LogP contribution in [0, 0.1) is 0 Å². The van der Waals surface area contributed by atoms with Crippen LogP contribution in [0.25, 0.3) is 11.3 Å². The van der Waals surface area contributed by atoms with Crippen LogP contribution in [-0.4, -0.2) is 39.8 Å². The molecule has 1 spiro atoms. The molecule has 1 aliphatic heterocycles. The van der Waals surface area contributed by atoms with E-state index in [-0.39, 0.29) is 12.5 Å². The predicted octanol–water partition coefficient (Wildman–Crippen LogP) is 3.96. The number of aryl methyl sites for hydroxylation is 1. The number of amides is 4. The molecular formula is C22H26N4O3S. The van der Waals surface area contributed by atoms with E-state index in [1.54, 1.807) is 0 Å². The maximum atomic E-state index is 12.7. The number of anilines is 1. The summed E-state index contributed by atoms with van der Waals surface area (Å²) in [5.74, 6) is -0.715. The summed E-state index contributed by atoms with van der Waals surface area (Å²) in [4.78, 5) is 42.8. The lowest BCUT2D eigenvalue weighted by Gasteiger charge is -2.19. The van der Waals surface area contributed by atoms with Crippen molar-refractivity contribution in [3.8, 4) is 11.3 Å². The third-order valence-corrected chi connectivity index (χ3v) is 6.58. The Morgan fingerprint density at radius 3 is 2.67 bits per heavy atom. The fourth-order valence-corrected chi connectivity index (χ4v) is 4.86. The maximum Gasteiger partial charge on any atom is 0.325 e. The number of carbonyl (C=O) groups excluding carboxylic acids is 3. The van der Waals surface area contributed by atoms with Gasteiger partial charge in [0.1, 0.15) is 12.1 Å². The van der Waals surface area contributed by atoms with Gasteiger partial charge in [-0.05, 0) is 31.2 Å². The van der Waals surface area contributed by atoms with Crippen LogP contribution in [0.15, 0.2) is 29.6 Å². The lowest BCUT2D eigenvalue weighted by Crippen LogP contribution is -2.44. The molecule has 158 valence electrons. The topological polar surface area (TPSA) is 91.4 Å². The molecule has 0 bridgehead atoms. The second-order valence-electron chi connectivity index (χ2n) is 8.00. The zero-order valence-electron chi connectivity index (χ0n) is 17.1. The third kappa shape index (κ3) is 4.09. The minimum absolute atomic E-state index is 0.289. The first-order valence-electron chi connectivity index (χ1n) is 10.5. The van der Waals surface area contributed by atoms with Crippen molar-refractivity contribution < 1.29 is 14.4 Å². The first kappa shape index (κ1) is 20.5. The number of nitrogens with zero attached hydrogens (tertiary/aromatic N) is 2. The van der Waals surface area contributed by atoms with Crippen molar-refractivity contribution in [1.29, 1.82) is 0 Å². The first-order valence-corrected chi connectivity index (χ1v) is 11.4. The molecule has 1 aliphatic carbocycles. The largest absolute Gasteiger partial charge is 0.325 e. The summed E-state index contributed by atoms with van der Waals surface area (Å²) in [6.45, 7) is 1.88. The highest BCUT2D eigenvalue weighted by atomic mass is 32.1. The number of urea groups is 1. The summed E-state index contributed by atoms with van der Waals surface area (Å²) in [5, 5.41) is 7.84. The van der Waals surface area contributed by atoms with Crippen LogP contribution in [0.3, 0.4) is 0 Å². The summed E-state index contributed by atoms with van der Waals surface area (Å²) >= 11 is 1.32. The second kappa shape index (κ2) is 8.55. The van der Waals surface area contributed by atoms with Crippen LogP contribution in [0.4, 0.5) is 9.93 Å². The van der Waals surface area contributed by atoms with Crippen LogP contribution >= 0.6 is 11.3 Å². The number of nitrogens with one attached hydrogen (secondary N) is 2. The van der Waals surface area contributed by atoms with Crippen LogP contribution in [-0.2, 0) is 16.0 Å². The number of aromatic nitrogens is 1. The first-order chi connectivity index (χ1) is 14.5. The zero-order chi connectivity index (χ0) is 21.1. The molecule has 7 nitrogen and oxygen atoms in total. The highest BCUT2D eigenvalue weighted by Crippen LogP contribution is 2.35. The summed E-state index contributed by atoms with van der Waals surface area (Å²) in [5.41, 5.74) is 2.29. The lowest BCUT2D eigenvalue weighted by atomic mass is 9.98. The average molecular weight is 427 g/mol. The highest BCUT2D eigenvalue weighted by molar-refractivity contribution is 7.14. The quantitative estimate of drug-likeness (QED) is 0.656. The molecule has 4 rings (SSSR count). The molecule has 30 heavy (non-hydrogen) atoms. The number of unbranched alkanes of at least 4 members (excludes halogenated alkanes) is 1. The normalized spacial score (nSPS) is 17.6. The molecule has 1 saturated heterocycles. The minimum atomic E-state index is -0.797. The smallest absolute Gasteiger partial charge is 0.323 e. The summed E-state index contributed by atoms with van der Waals surface area (Å²) < 4.78 is 0. The van der Waals surface area contributed by atoms with E-state index in [2.05, 4.69) is 34.7 Å². The molecule has 2 heterocycles. The highest BCUT2D eigenvalue weighted by Gasteiger charge is 2.52. The molecule has 4 amide bonds. The fourth-order valence-electron chi connectivity index (χ4n) is 4.13. The average Bonchev–Trinajstić information content (AvgIpc) is 3.45. The fraction of sp³-hybridized carbons (Fsp3) is 0.455. The van der Waals surface area contributed by atoms with Gasteiger partial charge in [0.05, 0.1) is 5.69 Å².